The molecule has 0 aliphatic heterocycles. The Morgan fingerprint density at radius 2 is 1.24 bits per heavy atom. The van der Waals surface area contributed by atoms with E-state index in [0.29, 0.717) is 0 Å². The Kier molecular flexibility index (Phi) is 8.84. The fourth-order valence-electron chi connectivity index (χ4n) is 0.914. The van der Waals surface area contributed by atoms with E-state index in [9.17, 15) is 0 Å². The smallest absolute Gasteiger partial charge is 0.0360 e. The van der Waals surface area contributed by atoms with Gasteiger partial charge in [-0.1, -0.05) is 30.0 Å². The Balaban J connectivity index is 0.000000304. The molecule has 0 unspecified atom stereocenters. The summed E-state index contributed by atoms with van der Waals surface area (Å²) in [6, 6.07) is 10.3. The minimum Gasteiger partial charge on any atom is -0.378 e. The summed E-state index contributed by atoms with van der Waals surface area (Å²) in [6.07, 6.45) is 0. The lowest BCUT2D eigenvalue weighted by molar-refractivity contribution is 1.13. The Morgan fingerprint density at radius 3 is 1.53 bits per heavy atom. The van der Waals surface area contributed by atoms with Gasteiger partial charge in [0.15, 0.2) is 0 Å². The lowest BCUT2D eigenvalue weighted by Crippen LogP contribution is -2.07. The van der Waals surface area contributed by atoms with Gasteiger partial charge in [-0.3, -0.25) is 0 Å². The zero-order valence-corrected chi connectivity index (χ0v) is 10.8. The van der Waals surface area contributed by atoms with Crippen LogP contribution in [0.1, 0.15) is 13.8 Å². The maximum atomic E-state index is 2.64. The standard InChI is InChI=1S/C8H11N.C8H6/c1-9(2)8-6-4-3-5-7-8;1-3-5-7-8-6-4-2/h3-7H,1-2H3;1-2H3. The van der Waals surface area contributed by atoms with E-state index < -0.39 is 0 Å². The van der Waals surface area contributed by atoms with E-state index in [2.05, 4.69) is 52.6 Å². The van der Waals surface area contributed by atoms with Crippen molar-refractivity contribution in [3.05, 3.63) is 30.3 Å². The van der Waals surface area contributed by atoms with Gasteiger partial charge in [-0.25, -0.2) is 0 Å². The number of hydrogen-bond acceptors (Lipinski definition) is 1. The van der Waals surface area contributed by atoms with Gasteiger partial charge in [0.05, 0.1) is 0 Å². The summed E-state index contributed by atoms with van der Waals surface area (Å²) in [4.78, 5) is 2.08. The molecular weight excluding hydrogens is 206 g/mol. The average molecular weight is 223 g/mol. The average Bonchev–Trinajstić information content (AvgIpc) is 2.37. The quantitative estimate of drug-likeness (QED) is 0.662. The number of benzene rings is 1. The van der Waals surface area contributed by atoms with E-state index >= 15 is 0 Å². The van der Waals surface area contributed by atoms with Gasteiger partial charge < -0.3 is 4.90 Å². The first-order chi connectivity index (χ1) is 8.22. The number of hydrogen-bond donors (Lipinski definition) is 0. The molecule has 0 bridgehead atoms. The van der Waals surface area contributed by atoms with Crippen molar-refractivity contribution in [3.8, 4) is 35.5 Å². The number of para-hydroxylation sites is 1. The van der Waals surface area contributed by atoms with Gasteiger partial charge in [0.1, 0.15) is 0 Å². The van der Waals surface area contributed by atoms with Crippen molar-refractivity contribution in [2.45, 2.75) is 13.8 Å². The summed E-state index contributed by atoms with van der Waals surface area (Å²) in [7, 11) is 4.07. The molecule has 0 aliphatic rings. The summed E-state index contributed by atoms with van der Waals surface area (Å²) < 4.78 is 0. The van der Waals surface area contributed by atoms with Crippen LogP contribution in [0.25, 0.3) is 0 Å². The summed E-state index contributed by atoms with van der Waals surface area (Å²) >= 11 is 0. The molecule has 0 aliphatic carbocycles. The third-order valence-electron chi connectivity index (χ3n) is 1.71. The van der Waals surface area contributed by atoms with Gasteiger partial charge in [-0.15, -0.1) is 0 Å². The highest BCUT2D eigenvalue weighted by atomic mass is 15.1. The van der Waals surface area contributed by atoms with Crippen molar-refractivity contribution in [1.82, 2.24) is 0 Å². The monoisotopic (exact) mass is 223 g/mol. The molecular formula is C16H17N. The van der Waals surface area contributed by atoms with Crippen LogP contribution in [-0.4, -0.2) is 14.1 Å². The molecule has 17 heavy (non-hydrogen) atoms. The molecule has 1 aromatic carbocycles. The Morgan fingerprint density at radius 1 is 0.765 bits per heavy atom. The first kappa shape index (κ1) is 14.7. The molecule has 0 heterocycles. The van der Waals surface area contributed by atoms with Crippen molar-refractivity contribution in [1.29, 1.82) is 0 Å². The summed E-state index contributed by atoms with van der Waals surface area (Å²) in [6.45, 7) is 3.49. The Bertz CT molecular complexity index is 455. The van der Waals surface area contributed by atoms with Crippen LogP contribution in [0.2, 0.25) is 0 Å². The molecule has 0 atom stereocenters. The molecule has 0 spiro atoms. The molecule has 0 aromatic heterocycles. The Labute approximate surface area is 105 Å². The van der Waals surface area contributed by atoms with Gasteiger partial charge in [-0.05, 0) is 49.7 Å². The summed E-state index contributed by atoms with van der Waals surface area (Å²) in [5.41, 5.74) is 1.25. The van der Waals surface area contributed by atoms with E-state index in [1.54, 1.807) is 13.8 Å². The van der Waals surface area contributed by atoms with Crippen molar-refractivity contribution >= 4 is 5.69 Å². The fourth-order valence-corrected chi connectivity index (χ4v) is 0.914. The molecule has 1 aromatic rings. The highest BCUT2D eigenvalue weighted by Gasteiger charge is 1.87. The SMILES string of the molecule is CC#CC#CC#CC.CN(C)c1ccccc1. The minimum absolute atomic E-state index is 1.25. The number of rotatable bonds is 1. The lowest BCUT2D eigenvalue weighted by atomic mass is 10.3. The van der Waals surface area contributed by atoms with Gasteiger partial charge in [-0.2, -0.15) is 0 Å². The van der Waals surface area contributed by atoms with Crippen LogP contribution >= 0.6 is 0 Å². The molecule has 0 radical (unpaired) electrons. The first-order valence-corrected chi connectivity index (χ1v) is 5.28. The van der Waals surface area contributed by atoms with Crippen LogP contribution in [0.15, 0.2) is 30.3 Å². The van der Waals surface area contributed by atoms with E-state index in [1.165, 1.54) is 5.69 Å². The topological polar surface area (TPSA) is 3.24 Å². The highest BCUT2D eigenvalue weighted by Crippen LogP contribution is 2.07. The molecule has 0 saturated carbocycles. The second-order valence-corrected chi connectivity index (χ2v) is 3.23. The maximum absolute atomic E-state index is 2.64. The lowest BCUT2D eigenvalue weighted by Gasteiger charge is -2.10. The molecule has 0 saturated heterocycles. The van der Waals surface area contributed by atoms with Gasteiger partial charge >= 0.3 is 0 Å². The molecule has 0 fully saturated rings. The normalized spacial score (nSPS) is 6.59. The number of anilines is 1. The molecule has 1 heteroatoms. The van der Waals surface area contributed by atoms with Crippen molar-refractivity contribution in [2.75, 3.05) is 19.0 Å². The van der Waals surface area contributed by atoms with E-state index in [0.717, 1.165) is 0 Å². The molecule has 1 rings (SSSR count). The van der Waals surface area contributed by atoms with Crippen LogP contribution < -0.4 is 4.90 Å². The molecule has 0 N–H and O–H groups in total. The largest absolute Gasteiger partial charge is 0.378 e. The number of nitrogens with zero attached hydrogens (tertiary/aromatic N) is 1. The zero-order chi connectivity index (χ0) is 12.9. The Hall–Kier alpha value is -2.30. The molecule has 0 amide bonds. The van der Waals surface area contributed by atoms with E-state index in [1.807, 2.05) is 32.3 Å². The summed E-state index contributed by atoms with van der Waals surface area (Å²) in [5.74, 6) is 15.5. The minimum atomic E-state index is 1.25. The van der Waals surface area contributed by atoms with Crippen LogP contribution in [0.3, 0.4) is 0 Å². The van der Waals surface area contributed by atoms with E-state index in [4.69, 9.17) is 0 Å². The van der Waals surface area contributed by atoms with Crippen LogP contribution in [0.4, 0.5) is 5.69 Å². The van der Waals surface area contributed by atoms with Crippen LogP contribution in [0, 0.1) is 35.5 Å². The van der Waals surface area contributed by atoms with Crippen LogP contribution in [-0.2, 0) is 0 Å². The van der Waals surface area contributed by atoms with Gasteiger partial charge in [0.2, 0.25) is 0 Å². The van der Waals surface area contributed by atoms with Gasteiger partial charge in [0, 0.05) is 19.8 Å². The van der Waals surface area contributed by atoms with Crippen LogP contribution in [0.5, 0.6) is 0 Å². The van der Waals surface area contributed by atoms with Crippen molar-refractivity contribution < 1.29 is 0 Å². The van der Waals surface area contributed by atoms with Crippen molar-refractivity contribution in [2.24, 2.45) is 0 Å². The predicted octanol–water partition coefficient (Wildman–Crippen LogP) is 2.79. The third-order valence-corrected chi connectivity index (χ3v) is 1.71. The van der Waals surface area contributed by atoms with E-state index in [-0.39, 0.29) is 0 Å². The van der Waals surface area contributed by atoms with Crippen molar-refractivity contribution in [3.63, 3.8) is 0 Å². The first-order valence-electron chi connectivity index (χ1n) is 5.28. The summed E-state index contributed by atoms with van der Waals surface area (Å²) in [5, 5.41) is 0. The maximum Gasteiger partial charge on any atom is 0.0360 e. The third kappa shape index (κ3) is 8.68. The van der Waals surface area contributed by atoms with Gasteiger partial charge in [0.25, 0.3) is 0 Å². The molecule has 1 nitrogen and oxygen atoms in total. The predicted molar refractivity (Wildman–Crippen MR) is 75.4 cm³/mol. The highest BCUT2D eigenvalue weighted by molar-refractivity contribution is 5.43. The fraction of sp³-hybridized carbons (Fsp3) is 0.250. The second-order valence-electron chi connectivity index (χ2n) is 3.23. The zero-order valence-electron chi connectivity index (χ0n) is 10.8. The molecule has 86 valence electrons. The second kappa shape index (κ2) is 10.2.